The summed E-state index contributed by atoms with van der Waals surface area (Å²) in [6.07, 6.45) is 0. The number of carbonyl (C=O) groups excluding carboxylic acids is 1. The summed E-state index contributed by atoms with van der Waals surface area (Å²) in [6, 6.07) is 5.75. The standard InChI is InChI=1S/C8H7BrNO4S.Na/c9-6-3-1-2-5(4-6)7(8(10)11)15(12,13)14;/h1-4,7,10H,(H,12,13,14);/q;+1/p-1. The van der Waals surface area contributed by atoms with E-state index in [4.69, 9.17) is 5.73 Å². The van der Waals surface area contributed by atoms with Crippen molar-refractivity contribution < 1.29 is 47.3 Å². The van der Waals surface area contributed by atoms with E-state index < -0.39 is 21.3 Å². The molecule has 1 N–H and O–H groups in total. The molecule has 1 unspecified atom stereocenters. The maximum atomic E-state index is 10.8. The molecule has 81 valence electrons. The molecule has 0 aromatic heterocycles. The maximum absolute atomic E-state index is 10.8. The number of halogens is 1. The zero-order valence-electron chi connectivity index (χ0n) is 8.31. The van der Waals surface area contributed by atoms with E-state index in [1.165, 1.54) is 18.2 Å². The third-order valence-corrected chi connectivity index (χ3v) is 3.24. The zero-order valence-corrected chi connectivity index (χ0v) is 12.7. The van der Waals surface area contributed by atoms with Gasteiger partial charge in [0.15, 0.2) is 5.25 Å². The van der Waals surface area contributed by atoms with Crippen LogP contribution in [0.2, 0.25) is 0 Å². The van der Waals surface area contributed by atoms with Crippen molar-refractivity contribution in [3.05, 3.63) is 34.3 Å². The topological polar surface area (TPSA) is 98.1 Å². The summed E-state index contributed by atoms with van der Waals surface area (Å²) < 4.78 is 32.9. The van der Waals surface area contributed by atoms with Gasteiger partial charge in [-0.25, -0.2) is 8.42 Å². The molecule has 0 fully saturated rings. The van der Waals surface area contributed by atoms with Crippen molar-refractivity contribution in [2.24, 2.45) is 0 Å². The number of nitrogens with one attached hydrogen (secondary N) is 1. The van der Waals surface area contributed by atoms with Crippen LogP contribution in [0.4, 0.5) is 0 Å². The second-order valence-corrected chi connectivity index (χ2v) is 5.16. The van der Waals surface area contributed by atoms with Crippen LogP contribution in [0.1, 0.15) is 10.8 Å². The van der Waals surface area contributed by atoms with E-state index in [-0.39, 0.29) is 35.1 Å². The van der Waals surface area contributed by atoms with Crippen molar-refractivity contribution in [3.8, 4) is 0 Å². The van der Waals surface area contributed by atoms with E-state index in [1.807, 2.05) is 0 Å². The van der Waals surface area contributed by atoms with Crippen LogP contribution in [-0.4, -0.2) is 18.9 Å². The first-order valence-corrected chi connectivity index (χ1v) is 6.04. The molecule has 0 spiro atoms. The summed E-state index contributed by atoms with van der Waals surface area (Å²) >= 11 is 3.08. The van der Waals surface area contributed by atoms with Gasteiger partial charge < -0.3 is 4.55 Å². The Kier molecular flexibility index (Phi) is 6.16. The fraction of sp³-hybridized carbons (Fsp3) is 0.125. The van der Waals surface area contributed by atoms with Gasteiger partial charge in [0.25, 0.3) is 5.91 Å². The first-order chi connectivity index (χ1) is 6.82. The predicted molar refractivity (Wildman–Crippen MR) is 54.7 cm³/mol. The third kappa shape index (κ3) is 4.15. The molecular formula is C8H6BrNNaO4S. The summed E-state index contributed by atoms with van der Waals surface area (Å²) in [7, 11) is -4.84. The van der Waals surface area contributed by atoms with Gasteiger partial charge in [-0.3, -0.25) is 10.5 Å². The Hall–Kier alpha value is 0.0800. The van der Waals surface area contributed by atoms with Gasteiger partial charge in [0.05, 0.1) is 0 Å². The molecule has 1 rings (SSSR count). The van der Waals surface area contributed by atoms with Crippen LogP contribution in [0, 0.1) is 0 Å². The first-order valence-electron chi connectivity index (χ1n) is 3.78. The van der Waals surface area contributed by atoms with Crippen LogP contribution in [0.15, 0.2) is 28.7 Å². The number of amides is 1. The van der Waals surface area contributed by atoms with E-state index in [9.17, 15) is 17.8 Å². The fourth-order valence-corrected chi connectivity index (χ4v) is 2.28. The van der Waals surface area contributed by atoms with E-state index in [1.54, 1.807) is 6.07 Å². The number of rotatable bonds is 3. The minimum atomic E-state index is -4.84. The third-order valence-electron chi connectivity index (χ3n) is 1.68. The number of hydrogen-bond donors (Lipinski definition) is 0. The van der Waals surface area contributed by atoms with Crippen molar-refractivity contribution in [2.45, 2.75) is 5.25 Å². The van der Waals surface area contributed by atoms with Crippen LogP contribution < -0.4 is 35.3 Å². The van der Waals surface area contributed by atoms with E-state index in [0.717, 1.165) is 0 Å². The Morgan fingerprint density at radius 3 is 2.38 bits per heavy atom. The van der Waals surface area contributed by atoms with E-state index in [2.05, 4.69) is 15.9 Å². The summed E-state index contributed by atoms with van der Waals surface area (Å²) in [5, 5.41) is -1.95. The van der Waals surface area contributed by atoms with Crippen molar-refractivity contribution in [1.82, 2.24) is 5.73 Å². The van der Waals surface area contributed by atoms with Gasteiger partial charge in [0, 0.05) is 4.47 Å². The van der Waals surface area contributed by atoms with Gasteiger partial charge >= 0.3 is 29.6 Å². The Balaban J connectivity index is 0.00000225. The first kappa shape index (κ1) is 16.1. The number of hydrogen-bond acceptors (Lipinski definition) is 4. The van der Waals surface area contributed by atoms with Crippen LogP contribution >= 0.6 is 15.9 Å². The van der Waals surface area contributed by atoms with Crippen LogP contribution in [0.25, 0.3) is 0 Å². The van der Waals surface area contributed by atoms with Gasteiger partial charge in [-0.05, 0) is 17.7 Å². The minimum absolute atomic E-state index is 0. The molecule has 0 aliphatic heterocycles. The van der Waals surface area contributed by atoms with Crippen molar-refractivity contribution in [1.29, 1.82) is 0 Å². The van der Waals surface area contributed by atoms with Crippen LogP contribution in [0.3, 0.4) is 0 Å². The molecule has 5 nitrogen and oxygen atoms in total. The predicted octanol–water partition coefficient (Wildman–Crippen LogP) is -2.15. The second kappa shape index (κ2) is 6.13. The van der Waals surface area contributed by atoms with Gasteiger partial charge in [-0.15, -0.1) is 0 Å². The molecule has 1 radical (unpaired) electrons. The number of benzene rings is 1. The smallest absolute Gasteiger partial charge is 0.747 e. The quantitative estimate of drug-likeness (QED) is 0.469. The largest absolute Gasteiger partial charge is 1.00 e. The van der Waals surface area contributed by atoms with E-state index in [0.29, 0.717) is 4.47 Å². The average Bonchev–Trinajstić information content (AvgIpc) is 1.99. The van der Waals surface area contributed by atoms with Gasteiger partial charge in [0.2, 0.25) is 0 Å². The molecular weight excluding hydrogens is 309 g/mol. The molecule has 1 aromatic carbocycles. The molecule has 0 aliphatic carbocycles. The Labute approximate surface area is 124 Å². The summed E-state index contributed by atoms with van der Waals surface area (Å²) in [5.41, 5.74) is 6.76. The van der Waals surface area contributed by atoms with Gasteiger partial charge in [-0.2, -0.15) is 0 Å². The summed E-state index contributed by atoms with van der Waals surface area (Å²) in [5.74, 6) is -1.43. The molecule has 0 bridgehead atoms. The molecule has 0 saturated heterocycles. The zero-order chi connectivity index (χ0) is 11.6. The Morgan fingerprint density at radius 2 is 2.00 bits per heavy atom. The fourth-order valence-electron chi connectivity index (χ4n) is 1.12. The molecule has 0 heterocycles. The van der Waals surface area contributed by atoms with Crippen LogP contribution in [0.5, 0.6) is 0 Å². The molecule has 1 aromatic rings. The van der Waals surface area contributed by atoms with Crippen molar-refractivity contribution >= 4 is 32.0 Å². The Bertz CT molecular complexity index is 491. The Morgan fingerprint density at radius 1 is 1.44 bits per heavy atom. The molecule has 16 heavy (non-hydrogen) atoms. The maximum Gasteiger partial charge on any atom is 1.00 e. The van der Waals surface area contributed by atoms with Gasteiger partial charge in [0.1, 0.15) is 10.1 Å². The van der Waals surface area contributed by atoms with E-state index >= 15 is 0 Å². The second-order valence-electron chi connectivity index (χ2n) is 2.79. The van der Waals surface area contributed by atoms with Gasteiger partial charge in [-0.1, -0.05) is 28.1 Å². The monoisotopic (exact) mass is 314 g/mol. The number of carbonyl (C=O) groups is 1. The van der Waals surface area contributed by atoms with Crippen LogP contribution in [-0.2, 0) is 14.9 Å². The molecule has 8 heteroatoms. The SMILES string of the molecule is [NH]C(=O)C(c1cccc(Br)c1)S(=O)(=O)[O-].[Na+]. The minimum Gasteiger partial charge on any atom is -0.747 e. The van der Waals surface area contributed by atoms with Crippen molar-refractivity contribution in [3.63, 3.8) is 0 Å². The normalized spacial score (nSPS) is 12.6. The molecule has 0 saturated carbocycles. The summed E-state index contributed by atoms with van der Waals surface area (Å²) in [4.78, 5) is 10.8. The average molecular weight is 315 g/mol. The van der Waals surface area contributed by atoms with Crippen molar-refractivity contribution in [2.75, 3.05) is 0 Å². The molecule has 0 aliphatic rings. The molecule has 1 amide bonds. The summed E-state index contributed by atoms with van der Waals surface area (Å²) in [6.45, 7) is 0. The molecule has 1 atom stereocenters.